The standard InChI is InChI=1S/C15H17N5O2/c1-10-17-13-3-5-20(11-7-16-19(2)8-11)14(13)15(18-10)22-12-4-6-21-9-12/h3,5,7-8,12H,4,6,9H2,1-2H3/t12-/m0/s1. The van der Waals surface area contributed by atoms with Gasteiger partial charge in [0.15, 0.2) is 0 Å². The van der Waals surface area contributed by atoms with E-state index in [1.165, 1.54) is 0 Å². The summed E-state index contributed by atoms with van der Waals surface area (Å²) in [6, 6.07) is 1.97. The van der Waals surface area contributed by atoms with Crippen LogP contribution in [0, 0.1) is 6.92 Å². The largest absolute Gasteiger partial charge is 0.470 e. The molecule has 0 N–H and O–H groups in total. The molecule has 0 unspecified atom stereocenters. The number of aromatic nitrogens is 5. The summed E-state index contributed by atoms with van der Waals surface area (Å²) in [5.41, 5.74) is 2.69. The van der Waals surface area contributed by atoms with Crippen LogP contribution < -0.4 is 4.74 Å². The lowest BCUT2D eigenvalue weighted by Gasteiger charge is -2.13. The first kappa shape index (κ1) is 13.3. The van der Waals surface area contributed by atoms with Gasteiger partial charge in [-0.15, -0.1) is 0 Å². The van der Waals surface area contributed by atoms with Gasteiger partial charge < -0.3 is 14.0 Å². The zero-order valence-corrected chi connectivity index (χ0v) is 12.6. The SMILES string of the molecule is Cc1nc(O[C@H]2CCOC2)c2c(ccn2-c2cnn(C)c2)n1. The van der Waals surface area contributed by atoms with E-state index in [2.05, 4.69) is 15.1 Å². The molecule has 1 atom stereocenters. The van der Waals surface area contributed by atoms with Gasteiger partial charge in [-0.3, -0.25) is 4.68 Å². The Labute approximate surface area is 127 Å². The number of rotatable bonds is 3. The van der Waals surface area contributed by atoms with E-state index in [4.69, 9.17) is 9.47 Å². The van der Waals surface area contributed by atoms with Crippen LogP contribution >= 0.6 is 0 Å². The Balaban J connectivity index is 1.84. The maximum absolute atomic E-state index is 6.07. The monoisotopic (exact) mass is 299 g/mol. The van der Waals surface area contributed by atoms with Crippen LogP contribution in [0.15, 0.2) is 24.7 Å². The van der Waals surface area contributed by atoms with Gasteiger partial charge in [-0.05, 0) is 13.0 Å². The summed E-state index contributed by atoms with van der Waals surface area (Å²) in [5.74, 6) is 1.30. The number of hydrogen-bond acceptors (Lipinski definition) is 5. The predicted molar refractivity (Wildman–Crippen MR) is 80.2 cm³/mol. The number of ether oxygens (including phenoxy) is 2. The third-order valence-corrected chi connectivity index (χ3v) is 3.75. The molecule has 0 spiro atoms. The molecule has 0 radical (unpaired) electrons. The van der Waals surface area contributed by atoms with Gasteiger partial charge in [0.25, 0.3) is 0 Å². The van der Waals surface area contributed by atoms with Crippen LogP contribution in [-0.4, -0.2) is 43.6 Å². The Morgan fingerprint density at radius 2 is 2.27 bits per heavy atom. The summed E-state index contributed by atoms with van der Waals surface area (Å²) in [4.78, 5) is 8.99. The normalized spacial score (nSPS) is 18.2. The Morgan fingerprint density at radius 1 is 1.36 bits per heavy atom. The van der Waals surface area contributed by atoms with Crippen molar-refractivity contribution in [2.75, 3.05) is 13.2 Å². The van der Waals surface area contributed by atoms with Gasteiger partial charge in [-0.25, -0.2) is 4.98 Å². The first-order valence-corrected chi connectivity index (χ1v) is 7.30. The number of nitrogens with zero attached hydrogens (tertiary/aromatic N) is 5. The third kappa shape index (κ3) is 2.23. The minimum atomic E-state index is 0.0507. The molecular weight excluding hydrogens is 282 g/mol. The van der Waals surface area contributed by atoms with E-state index >= 15 is 0 Å². The Bertz CT molecular complexity index is 817. The second kappa shape index (κ2) is 5.10. The van der Waals surface area contributed by atoms with Crippen LogP contribution in [0.3, 0.4) is 0 Å². The van der Waals surface area contributed by atoms with Gasteiger partial charge in [0.05, 0.1) is 30.6 Å². The van der Waals surface area contributed by atoms with Gasteiger partial charge in [-0.2, -0.15) is 10.1 Å². The fraction of sp³-hybridized carbons (Fsp3) is 0.400. The van der Waals surface area contributed by atoms with Crippen molar-refractivity contribution in [1.82, 2.24) is 24.3 Å². The molecule has 1 saturated heterocycles. The average Bonchev–Trinajstić information content (AvgIpc) is 3.18. The van der Waals surface area contributed by atoms with E-state index in [1.807, 2.05) is 43.2 Å². The number of fused-ring (bicyclic) bond motifs is 1. The molecule has 1 fully saturated rings. The minimum absolute atomic E-state index is 0.0507. The van der Waals surface area contributed by atoms with Crippen molar-refractivity contribution in [3.8, 4) is 11.6 Å². The van der Waals surface area contributed by atoms with Crippen molar-refractivity contribution < 1.29 is 9.47 Å². The molecule has 1 aliphatic rings. The lowest BCUT2D eigenvalue weighted by atomic mass is 10.3. The summed E-state index contributed by atoms with van der Waals surface area (Å²) >= 11 is 0. The summed E-state index contributed by atoms with van der Waals surface area (Å²) < 4.78 is 15.2. The van der Waals surface area contributed by atoms with Crippen LogP contribution in [-0.2, 0) is 11.8 Å². The van der Waals surface area contributed by atoms with Crippen LogP contribution in [0.5, 0.6) is 5.88 Å². The molecule has 3 aromatic rings. The molecule has 22 heavy (non-hydrogen) atoms. The van der Waals surface area contributed by atoms with Crippen molar-refractivity contribution >= 4 is 11.0 Å². The number of hydrogen-bond donors (Lipinski definition) is 0. The zero-order chi connectivity index (χ0) is 15.1. The molecule has 0 bridgehead atoms. The zero-order valence-electron chi connectivity index (χ0n) is 12.6. The summed E-state index contributed by atoms with van der Waals surface area (Å²) in [7, 11) is 1.89. The molecule has 4 heterocycles. The van der Waals surface area contributed by atoms with Gasteiger partial charge in [0.2, 0.25) is 5.88 Å². The molecule has 4 rings (SSSR count). The molecule has 7 nitrogen and oxygen atoms in total. The molecule has 3 aromatic heterocycles. The molecule has 0 aliphatic carbocycles. The second-order valence-electron chi connectivity index (χ2n) is 5.47. The van der Waals surface area contributed by atoms with Gasteiger partial charge in [-0.1, -0.05) is 0 Å². The smallest absolute Gasteiger partial charge is 0.242 e. The van der Waals surface area contributed by atoms with Crippen molar-refractivity contribution in [2.45, 2.75) is 19.4 Å². The molecule has 0 saturated carbocycles. The van der Waals surface area contributed by atoms with Crippen molar-refractivity contribution in [3.63, 3.8) is 0 Å². The maximum atomic E-state index is 6.07. The molecule has 1 aliphatic heterocycles. The Kier molecular flexibility index (Phi) is 3.07. The Morgan fingerprint density at radius 3 is 3.00 bits per heavy atom. The second-order valence-corrected chi connectivity index (χ2v) is 5.47. The highest BCUT2D eigenvalue weighted by Crippen LogP contribution is 2.28. The van der Waals surface area contributed by atoms with E-state index < -0.39 is 0 Å². The highest BCUT2D eigenvalue weighted by Gasteiger charge is 2.21. The highest BCUT2D eigenvalue weighted by molar-refractivity contribution is 5.82. The predicted octanol–water partition coefficient (Wildman–Crippen LogP) is 1.63. The van der Waals surface area contributed by atoms with Crippen molar-refractivity contribution in [2.24, 2.45) is 7.05 Å². The summed E-state index contributed by atoms with van der Waals surface area (Å²) in [5, 5.41) is 4.22. The van der Waals surface area contributed by atoms with Crippen LogP contribution in [0.4, 0.5) is 0 Å². The highest BCUT2D eigenvalue weighted by atomic mass is 16.5. The van der Waals surface area contributed by atoms with E-state index in [0.717, 1.165) is 29.7 Å². The molecule has 114 valence electrons. The quantitative estimate of drug-likeness (QED) is 0.735. The summed E-state index contributed by atoms with van der Waals surface area (Å²) in [6.45, 7) is 3.22. The summed E-state index contributed by atoms with van der Waals surface area (Å²) in [6.07, 6.45) is 6.66. The van der Waals surface area contributed by atoms with E-state index in [-0.39, 0.29) is 6.10 Å². The Hall–Kier alpha value is -2.41. The average molecular weight is 299 g/mol. The fourth-order valence-corrected chi connectivity index (χ4v) is 2.72. The van der Waals surface area contributed by atoms with Crippen molar-refractivity contribution in [3.05, 3.63) is 30.5 Å². The van der Waals surface area contributed by atoms with Crippen LogP contribution in [0.2, 0.25) is 0 Å². The number of aryl methyl sites for hydroxylation is 2. The van der Waals surface area contributed by atoms with E-state index in [0.29, 0.717) is 18.3 Å². The van der Waals surface area contributed by atoms with Crippen LogP contribution in [0.1, 0.15) is 12.2 Å². The first-order chi connectivity index (χ1) is 10.7. The van der Waals surface area contributed by atoms with Crippen LogP contribution in [0.25, 0.3) is 16.7 Å². The molecule has 0 aromatic carbocycles. The van der Waals surface area contributed by atoms with E-state index in [9.17, 15) is 0 Å². The topological polar surface area (TPSA) is 67.0 Å². The lowest BCUT2D eigenvalue weighted by molar-refractivity contribution is 0.139. The molecule has 0 amide bonds. The molecular formula is C15H17N5O2. The molecule has 7 heteroatoms. The van der Waals surface area contributed by atoms with Gasteiger partial charge >= 0.3 is 0 Å². The minimum Gasteiger partial charge on any atom is -0.470 e. The fourth-order valence-electron chi connectivity index (χ4n) is 2.72. The third-order valence-electron chi connectivity index (χ3n) is 3.75. The van der Waals surface area contributed by atoms with Gasteiger partial charge in [0, 0.05) is 25.9 Å². The maximum Gasteiger partial charge on any atom is 0.242 e. The van der Waals surface area contributed by atoms with Gasteiger partial charge in [0.1, 0.15) is 17.4 Å². The van der Waals surface area contributed by atoms with E-state index in [1.54, 1.807) is 4.68 Å². The van der Waals surface area contributed by atoms with Crippen molar-refractivity contribution in [1.29, 1.82) is 0 Å². The lowest BCUT2D eigenvalue weighted by Crippen LogP contribution is -2.17. The first-order valence-electron chi connectivity index (χ1n) is 7.30.